The van der Waals surface area contributed by atoms with Crippen LogP contribution in [0.4, 0.5) is 4.79 Å². The van der Waals surface area contributed by atoms with Crippen molar-refractivity contribution in [3.05, 3.63) is 23.8 Å². The second-order valence-electron chi connectivity index (χ2n) is 7.54. The van der Waals surface area contributed by atoms with Crippen LogP contribution in [-0.4, -0.2) is 42.3 Å². The number of nitrogens with zero attached hydrogens (tertiary/aromatic N) is 1. The first kappa shape index (κ1) is 17.9. The summed E-state index contributed by atoms with van der Waals surface area (Å²) in [5.74, 6) is 1.34. The van der Waals surface area contributed by atoms with Crippen molar-refractivity contribution in [2.45, 2.75) is 63.6 Å². The van der Waals surface area contributed by atoms with Crippen molar-refractivity contribution >= 4 is 11.9 Å². The van der Waals surface area contributed by atoms with Crippen LogP contribution in [0.15, 0.2) is 18.2 Å². The summed E-state index contributed by atoms with van der Waals surface area (Å²) in [6.07, 6.45) is 7.25. The Labute approximate surface area is 159 Å². The Hall–Kier alpha value is -2.44. The minimum atomic E-state index is -0.386. The lowest BCUT2D eigenvalue weighted by molar-refractivity contribution is -0.124. The van der Waals surface area contributed by atoms with E-state index in [1.165, 1.54) is 19.3 Å². The zero-order valence-corrected chi connectivity index (χ0v) is 15.5. The van der Waals surface area contributed by atoms with E-state index in [2.05, 4.69) is 10.6 Å². The number of hydrogen-bond acceptors (Lipinski definition) is 4. The molecule has 0 aromatic heterocycles. The van der Waals surface area contributed by atoms with Gasteiger partial charge in [-0.3, -0.25) is 4.79 Å². The smallest absolute Gasteiger partial charge is 0.318 e. The molecular formula is C20H27N3O4. The third-order valence-corrected chi connectivity index (χ3v) is 5.65. The van der Waals surface area contributed by atoms with Gasteiger partial charge in [0.2, 0.25) is 12.7 Å². The molecule has 2 aliphatic heterocycles. The molecule has 1 aromatic carbocycles. The molecular weight excluding hydrogens is 346 g/mol. The molecule has 0 unspecified atom stereocenters. The number of likely N-dealkylation sites (tertiary alicyclic amines) is 1. The van der Waals surface area contributed by atoms with E-state index in [1.54, 1.807) is 4.90 Å². The Morgan fingerprint density at radius 1 is 1.04 bits per heavy atom. The quantitative estimate of drug-likeness (QED) is 0.850. The van der Waals surface area contributed by atoms with Gasteiger partial charge in [-0.05, 0) is 43.4 Å². The molecule has 1 atom stereocenters. The van der Waals surface area contributed by atoms with Gasteiger partial charge in [0.05, 0.1) is 0 Å². The number of urea groups is 1. The maximum absolute atomic E-state index is 12.7. The van der Waals surface area contributed by atoms with Crippen molar-refractivity contribution in [2.75, 3.05) is 13.3 Å². The lowest BCUT2D eigenvalue weighted by atomic mass is 9.96. The number of rotatable bonds is 4. The van der Waals surface area contributed by atoms with E-state index < -0.39 is 0 Å². The summed E-state index contributed by atoms with van der Waals surface area (Å²) in [6.45, 7) is 1.28. The number of carbonyl (C=O) groups excluding carboxylic acids is 2. The highest BCUT2D eigenvalue weighted by Gasteiger charge is 2.34. The minimum absolute atomic E-state index is 0.0936. The van der Waals surface area contributed by atoms with E-state index in [0.717, 1.165) is 30.6 Å². The summed E-state index contributed by atoms with van der Waals surface area (Å²) >= 11 is 0. The number of nitrogens with one attached hydrogen (secondary N) is 2. The van der Waals surface area contributed by atoms with E-state index in [9.17, 15) is 9.59 Å². The number of hydrogen-bond donors (Lipinski definition) is 2. The van der Waals surface area contributed by atoms with Crippen molar-refractivity contribution in [3.8, 4) is 11.5 Å². The zero-order chi connectivity index (χ0) is 18.6. The summed E-state index contributed by atoms with van der Waals surface area (Å²) in [4.78, 5) is 27.0. The van der Waals surface area contributed by atoms with Crippen LogP contribution in [-0.2, 0) is 11.3 Å². The van der Waals surface area contributed by atoms with Gasteiger partial charge in [-0.2, -0.15) is 0 Å². The van der Waals surface area contributed by atoms with Crippen LogP contribution in [0.25, 0.3) is 0 Å². The topological polar surface area (TPSA) is 79.9 Å². The Morgan fingerprint density at radius 3 is 2.70 bits per heavy atom. The van der Waals surface area contributed by atoms with E-state index in [1.807, 2.05) is 18.2 Å². The molecule has 7 nitrogen and oxygen atoms in total. The van der Waals surface area contributed by atoms with Crippen molar-refractivity contribution in [2.24, 2.45) is 0 Å². The first-order valence-corrected chi connectivity index (χ1v) is 9.94. The van der Waals surface area contributed by atoms with Crippen LogP contribution in [0.5, 0.6) is 11.5 Å². The second-order valence-corrected chi connectivity index (χ2v) is 7.54. The first-order chi connectivity index (χ1) is 13.2. The van der Waals surface area contributed by atoms with Gasteiger partial charge >= 0.3 is 6.03 Å². The van der Waals surface area contributed by atoms with Crippen LogP contribution in [0.3, 0.4) is 0 Å². The summed E-state index contributed by atoms with van der Waals surface area (Å²) in [5.41, 5.74) is 0.948. The third-order valence-electron chi connectivity index (χ3n) is 5.65. The Balaban J connectivity index is 1.31. The molecule has 3 amide bonds. The van der Waals surface area contributed by atoms with Crippen molar-refractivity contribution < 1.29 is 19.1 Å². The van der Waals surface area contributed by atoms with E-state index in [0.29, 0.717) is 25.3 Å². The number of fused-ring (bicyclic) bond motifs is 1. The number of carbonyl (C=O) groups is 2. The van der Waals surface area contributed by atoms with Crippen molar-refractivity contribution in [1.29, 1.82) is 0 Å². The molecule has 2 N–H and O–H groups in total. The fourth-order valence-corrected chi connectivity index (χ4v) is 4.14. The molecule has 2 fully saturated rings. The van der Waals surface area contributed by atoms with Gasteiger partial charge in [0.1, 0.15) is 6.04 Å². The molecule has 1 aliphatic carbocycles. The number of benzene rings is 1. The first-order valence-electron chi connectivity index (χ1n) is 9.94. The van der Waals surface area contributed by atoms with Gasteiger partial charge in [-0.15, -0.1) is 0 Å². The molecule has 146 valence electrons. The van der Waals surface area contributed by atoms with Crippen LogP contribution < -0.4 is 20.1 Å². The minimum Gasteiger partial charge on any atom is -0.454 e. The summed E-state index contributed by atoms with van der Waals surface area (Å²) in [5, 5.41) is 6.09. The number of ether oxygens (including phenoxy) is 2. The summed E-state index contributed by atoms with van der Waals surface area (Å²) in [7, 11) is 0. The predicted molar refractivity (Wildman–Crippen MR) is 99.5 cm³/mol. The lowest BCUT2D eigenvalue weighted by Gasteiger charge is -2.29. The molecule has 27 heavy (non-hydrogen) atoms. The molecule has 7 heteroatoms. The van der Waals surface area contributed by atoms with Gasteiger partial charge in [0.25, 0.3) is 0 Å². The van der Waals surface area contributed by atoms with E-state index in [-0.39, 0.29) is 30.8 Å². The maximum atomic E-state index is 12.7. The van der Waals surface area contributed by atoms with E-state index >= 15 is 0 Å². The Morgan fingerprint density at radius 2 is 1.85 bits per heavy atom. The van der Waals surface area contributed by atoms with Crippen LogP contribution in [0.2, 0.25) is 0 Å². The summed E-state index contributed by atoms with van der Waals surface area (Å²) < 4.78 is 10.7. The monoisotopic (exact) mass is 373 g/mol. The fraction of sp³-hybridized carbons (Fsp3) is 0.600. The molecule has 1 aromatic rings. The fourth-order valence-electron chi connectivity index (χ4n) is 4.14. The molecule has 3 aliphatic rings. The highest BCUT2D eigenvalue weighted by Crippen LogP contribution is 2.32. The lowest BCUT2D eigenvalue weighted by Crippen LogP contribution is -2.51. The number of amides is 3. The second kappa shape index (κ2) is 8.06. The standard InChI is InChI=1S/C20H27N3O4/c24-19(21-12-14-8-9-17-18(11-14)27-13-26-17)16-7-4-10-23(16)20(25)22-15-5-2-1-3-6-15/h8-9,11,15-16H,1-7,10,12-13H2,(H,21,24)(H,22,25)/t16-/m1/s1. The average molecular weight is 373 g/mol. The SMILES string of the molecule is O=C(NCc1ccc2c(c1)OCO2)[C@H]1CCCN1C(=O)NC1CCCCC1. The maximum Gasteiger partial charge on any atom is 0.318 e. The molecule has 1 saturated heterocycles. The Bertz CT molecular complexity index is 702. The Kier molecular flexibility index (Phi) is 5.36. The molecule has 0 bridgehead atoms. The largest absolute Gasteiger partial charge is 0.454 e. The van der Waals surface area contributed by atoms with Crippen molar-refractivity contribution in [1.82, 2.24) is 15.5 Å². The molecule has 4 rings (SSSR count). The van der Waals surface area contributed by atoms with E-state index in [4.69, 9.17) is 9.47 Å². The van der Waals surface area contributed by atoms with Crippen molar-refractivity contribution in [3.63, 3.8) is 0 Å². The molecule has 2 heterocycles. The highest BCUT2D eigenvalue weighted by atomic mass is 16.7. The summed E-state index contributed by atoms with van der Waals surface area (Å²) in [6, 6.07) is 5.42. The van der Waals surface area contributed by atoms with Gasteiger partial charge < -0.3 is 25.0 Å². The average Bonchev–Trinajstić information content (AvgIpc) is 3.35. The van der Waals surface area contributed by atoms with Crippen LogP contribution in [0.1, 0.15) is 50.5 Å². The third kappa shape index (κ3) is 4.12. The molecule has 1 saturated carbocycles. The normalized spacial score (nSPS) is 21.9. The van der Waals surface area contributed by atoms with Crippen LogP contribution in [0, 0.1) is 0 Å². The van der Waals surface area contributed by atoms with Gasteiger partial charge in [-0.1, -0.05) is 25.3 Å². The molecule has 0 spiro atoms. The zero-order valence-electron chi connectivity index (χ0n) is 15.5. The van der Waals surface area contributed by atoms with Crippen LogP contribution >= 0.6 is 0 Å². The van der Waals surface area contributed by atoms with Gasteiger partial charge in [0, 0.05) is 19.1 Å². The van der Waals surface area contributed by atoms with Gasteiger partial charge in [0.15, 0.2) is 11.5 Å². The predicted octanol–water partition coefficient (Wildman–Crippen LogP) is 2.54. The highest BCUT2D eigenvalue weighted by molar-refractivity contribution is 5.87. The molecule has 0 radical (unpaired) electrons. The van der Waals surface area contributed by atoms with Gasteiger partial charge in [-0.25, -0.2) is 4.79 Å².